The molecule has 0 unspecified atom stereocenters. The standard InChI is InChI=1S/C31H36ClN7O/c1-21-30-37-36-22(2)39(30)28-11-8-24(18-27(28)29(35-21)23-6-9-26(32)10-7-23)25-19-34-38(20-25)17-5-3-4-12-31(40)13-15-33-16-14-31/h6-11,18-21,33,40H,3-5,12-17H2,1-2H3/t21-/m0/s1. The first-order chi connectivity index (χ1) is 19.4. The summed E-state index contributed by atoms with van der Waals surface area (Å²) in [6.45, 7) is 6.73. The number of nitrogens with one attached hydrogen (secondary N) is 1. The van der Waals surface area contributed by atoms with Gasteiger partial charge in [0.25, 0.3) is 0 Å². The van der Waals surface area contributed by atoms with E-state index in [4.69, 9.17) is 16.6 Å². The van der Waals surface area contributed by atoms with Crippen molar-refractivity contribution in [1.82, 2.24) is 29.9 Å². The molecule has 0 spiro atoms. The Balaban J connectivity index is 1.22. The maximum Gasteiger partial charge on any atom is 0.162 e. The summed E-state index contributed by atoms with van der Waals surface area (Å²) in [6.07, 6.45) is 9.84. The zero-order valence-electron chi connectivity index (χ0n) is 23.1. The van der Waals surface area contributed by atoms with Crippen LogP contribution in [0.5, 0.6) is 0 Å². The summed E-state index contributed by atoms with van der Waals surface area (Å²) < 4.78 is 4.14. The molecule has 4 aromatic rings. The first-order valence-electron chi connectivity index (χ1n) is 14.3. The van der Waals surface area contributed by atoms with E-state index in [1.165, 1.54) is 0 Å². The SMILES string of the molecule is Cc1nnc2n1-c1ccc(-c3cnn(CCCCCC4(O)CCNCC4)c3)cc1C(c1ccc(Cl)cc1)=N[C@H]2C. The van der Waals surface area contributed by atoms with Crippen molar-refractivity contribution in [1.29, 1.82) is 0 Å². The predicted octanol–water partition coefficient (Wildman–Crippen LogP) is 5.68. The predicted molar refractivity (Wildman–Crippen MR) is 158 cm³/mol. The number of aliphatic hydroxyl groups is 1. The lowest BCUT2D eigenvalue weighted by Gasteiger charge is -2.32. The quantitative estimate of drug-likeness (QED) is 0.272. The molecular formula is C31H36ClN7O. The molecule has 0 radical (unpaired) electrons. The smallest absolute Gasteiger partial charge is 0.162 e. The molecule has 1 atom stereocenters. The van der Waals surface area contributed by atoms with Gasteiger partial charge in [-0.05, 0) is 82.4 Å². The molecule has 40 heavy (non-hydrogen) atoms. The number of aromatic nitrogens is 5. The van der Waals surface area contributed by atoms with Gasteiger partial charge in [-0.1, -0.05) is 42.6 Å². The summed E-state index contributed by atoms with van der Waals surface area (Å²) in [5.41, 5.74) is 5.64. The number of unbranched alkanes of at least 4 members (excludes halogenated alkanes) is 2. The molecule has 9 heteroatoms. The van der Waals surface area contributed by atoms with Crippen LogP contribution >= 0.6 is 11.6 Å². The Kier molecular flexibility index (Phi) is 7.57. The Hall–Kier alpha value is -3.33. The van der Waals surface area contributed by atoms with Crippen LogP contribution < -0.4 is 5.32 Å². The van der Waals surface area contributed by atoms with Crippen LogP contribution in [0.1, 0.15) is 74.3 Å². The number of aryl methyl sites for hydroxylation is 2. The molecular weight excluding hydrogens is 522 g/mol. The van der Waals surface area contributed by atoms with Crippen molar-refractivity contribution in [3.05, 3.63) is 82.7 Å². The van der Waals surface area contributed by atoms with Gasteiger partial charge in [0.1, 0.15) is 11.9 Å². The summed E-state index contributed by atoms with van der Waals surface area (Å²) in [4.78, 5) is 5.12. The maximum absolute atomic E-state index is 10.7. The number of rotatable bonds is 8. The summed E-state index contributed by atoms with van der Waals surface area (Å²) in [5, 5.41) is 28.2. The monoisotopic (exact) mass is 557 g/mol. The second kappa shape index (κ2) is 11.3. The highest BCUT2D eigenvalue weighted by Gasteiger charge is 2.28. The summed E-state index contributed by atoms with van der Waals surface area (Å²) >= 11 is 6.21. The number of fused-ring (bicyclic) bond motifs is 3. The maximum atomic E-state index is 10.7. The highest BCUT2D eigenvalue weighted by molar-refractivity contribution is 6.30. The minimum absolute atomic E-state index is 0.152. The Morgan fingerprint density at radius 1 is 1.00 bits per heavy atom. The minimum Gasteiger partial charge on any atom is -0.390 e. The van der Waals surface area contributed by atoms with Crippen LogP contribution in [-0.4, -0.2) is 54.1 Å². The molecule has 2 aromatic carbocycles. The van der Waals surface area contributed by atoms with Crippen molar-refractivity contribution >= 4 is 17.3 Å². The third-order valence-corrected chi connectivity index (χ3v) is 8.44. The highest BCUT2D eigenvalue weighted by atomic mass is 35.5. The van der Waals surface area contributed by atoms with E-state index in [2.05, 4.69) is 56.5 Å². The molecule has 0 bridgehead atoms. The summed E-state index contributed by atoms with van der Waals surface area (Å²) in [5.74, 6) is 1.67. The topological polar surface area (TPSA) is 93.2 Å². The number of hydrogen-bond donors (Lipinski definition) is 2. The van der Waals surface area contributed by atoms with Crippen molar-refractivity contribution in [2.45, 2.75) is 70.6 Å². The lowest BCUT2D eigenvalue weighted by molar-refractivity contribution is 0.000252. The molecule has 1 saturated heterocycles. The van der Waals surface area contributed by atoms with Gasteiger partial charge in [0.2, 0.25) is 0 Å². The van der Waals surface area contributed by atoms with Crippen LogP contribution in [0.15, 0.2) is 59.9 Å². The van der Waals surface area contributed by atoms with Gasteiger partial charge in [-0.3, -0.25) is 14.2 Å². The van der Waals surface area contributed by atoms with Crippen molar-refractivity contribution in [2.24, 2.45) is 4.99 Å². The molecule has 8 nitrogen and oxygen atoms in total. The van der Waals surface area contributed by atoms with Gasteiger partial charge in [-0.2, -0.15) is 5.10 Å². The summed E-state index contributed by atoms with van der Waals surface area (Å²) in [7, 11) is 0. The van der Waals surface area contributed by atoms with Crippen molar-refractivity contribution < 1.29 is 5.11 Å². The van der Waals surface area contributed by atoms with Gasteiger partial charge in [0.05, 0.1) is 23.2 Å². The fraction of sp³-hybridized carbons (Fsp3) is 0.419. The van der Waals surface area contributed by atoms with Crippen LogP contribution in [0.25, 0.3) is 16.8 Å². The largest absolute Gasteiger partial charge is 0.390 e. The molecule has 2 aliphatic heterocycles. The van der Waals surface area contributed by atoms with Crippen molar-refractivity contribution in [3.8, 4) is 16.8 Å². The summed E-state index contributed by atoms with van der Waals surface area (Å²) in [6, 6.07) is 14.2. The average molecular weight is 558 g/mol. The van der Waals surface area contributed by atoms with Gasteiger partial charge in [0.15, 0.2) is 5.82 Å². The van der Waals surface area contributed by atoms with E-state index in [0.29, 0.717) is 5.02 Å². The number of benzene rings is 2. The van der Waals surface area contributed by atoms with Crippen LogP contribution in [-0.2, 0) is 6.54 Å². The number of hydrogen-bond acceptors (Lipinski definition) is 6. The van der Waals surface area contributed by atoms with Gasteiger partial charge >= 0.3 is 0 Å². The van der Waals surface area contributed by atoms with Crippen molar-refractivity contribution in [2.75, 3.05) is 13.1 Å². The van der Waals surface area contributed by atoms with E-state index in [1.807, 2.05) is 42.1 Å². The second-order valence-corrected chi connectivity index (χ2v) is 11.5. The molecule has 2 N–H and O–H groups in total. The fourth-order valence-corrected chi connectivity index (χ4v) is 6.01. The zero-order valence-corrected chi connectivity index (χ0v) is 23.9. The van der Waals surface area contributed by atoms with E-state index in [-0.39, 0.29) is 6.04 Å². The Morgan fingerprint density at radius 3 is 2.58 bits per heavy atom. The molecule has 6 rings (SSSR count). The molecule has 2 aliphatic rings. The molecule has 0 aliphatic carbocycles. The minimum atomic E-state index is -0.479. The number of nitrogens with zero attached hydrogens (tertiary/aromatic N) is 6. The first kappa shape index (κ1) is 26.9. The zero-order chi connectivity index (χ0) is 27.7. The van der Waals surface area contributed by atoms with Crippen LogP contribution in [0.3, 0.4) is 0 Å². The third kappa shape index (κ3) is 5.48. The van der Waals surface area contributed by atoms with Crippen LogP contribution in [0, 0.1) is 6.92 Å². The Morgan fingerprint density at radius 2 is 1.77 bits per heavy atom. The van der Waals surface area contributed by atoms with Gasteiger partial charge in [0, 0.05) is 34.5 Å². The molecule has 208 valence electrons. The first-order valence-corrected chi connectivity index (χ1v) is 14.6. The molecule has 4 heterocycles. The molecule has 1 fully saturated rings. The van der Waals surface area contributed by atoms with Crippen LogP contribution in [0.2, 0.25) is 5.02 Å². The van der Waals surface area contributed by atoms with E-state index < -0.39 is 5.60 Å². The molecule has 2 aromatic heterocycles. The number of piperidine rings is 1. The Labute approximate surface area is 240 Å². The van der Waals surface area contributed by atoms with Gasteiger partial charge in [-0.15, -0.1) is 10.2 Å². The normalized spacial score (nSPS) is 18.1. The van der Waals surface area contributed by atoms with E-state index in [1.54, 1.807) is 0 Å². The Bertz CT molecular complexity index is 1510. The second-order valence-electron chi connectivity index (χ2n) is 11.1. The van der Waals surface area contributed by atoms with E-state index in [0.717, 1.165) is 103 Å². The molecule has 0 saturated carbocycles. The number of halogens is 1. The van der Waals surface area contributed by atoms with E-state index >= 15 is 0 Å². The average Bonchev–Trinajstić information content (AvgIpc) is 3.56. The van der Waals surface area contributed by atoms with Gasteiger partial charge in [-0.25, -0.2) is 0 Å². The van der Waals surface area contributed by atoms with E-state index in [9.17, 15) is 5.11 Å². The lowest BCUT2D eigenvalue weighted by atomic mass is 9.87. The number of aliphatic imine (C=N–C) groups is 1. The fourth-order valence-electron chi connectivity index (χ4n) is 5.89. The lowest BCUT2D eigenvalue weighted by Crippen LogP contribution is -2.41. The van der Waals surface area contributed by atoms with Gasteiger partial charge < -0.3 is 10.4 Å². The van der Waals surface area contributed by atoms with Crippen LogP contribution in [0.4, 0.5) is 0 Å². The molecule has 0 amide bonds. The third-order valence-electron chi connectivity index (χ3n) is 8.19. The van der Waals surface area contributed by atoms with Crippen molar-refractivity contribution in [3.63, 3.8) is 0 Å². The highest BCUT2D eigenvalue weighted by Crippen LogP contribution is 2.33.